The van der Waals surface area contributed by atoms with Crippen LogP contribution >= 0.6 is 11.3 Å². The van der Waals surface area contributed by atoms with Crippen LogP contribution in [0.5, 0.6) is 11.5 Å². The van der Waals surface area contributed by atoms with Crippen molar-refractivity contribution >= 4 is 17.2 Å². The molecule has 0 radical (unpaired) electrons. The van der Waals surface area contributed by atoms with Gasteiger partial charge in [-0.2, -0.15) is 5.26 Å². The van der Waals surface area contributed by atoms with Crippen LogP contribution in [0.3, 0.4) is 0 Å². The van der Waals surface area contributed by atoms with Gasteiger partial charge in [-0.1, -0.05) is 12.1 Å². The van der Waals surface area contributed by atoms with Crippen molar-refractivity contribution in [2.45, 2.75) is 0 Å². The first-order valence-electron chi connectivity index (χ1n) is 6.54. The van der Waals surface area contributed by atoms with Crippen LogP contribution < -0.4 is 15.2 Å². The van der Waals surface area contributed by atoms with Crippen LogP contribution in [0.4, 0.5) is 5.88 Å². The smallest absolute Gasteiger partial charge is 0.231 e. The number of fused-ring (bicyclic) bond motifs is 1. The summed E-state index contributed by atoms with van der Waals surface area (Å²) in [4.78, 5) is 0.871. The van der Waals surface area contributed by atoms with E-state index in [1.54, 1.807) is 6.07 Å². The number of hydrogen-bond acceptors (Lipinski definition) is 6. The third-order valence-electron chi connectivity index (χ3n) is 3.45. The van der Waals surface area contributed by atoms with E-state index in [1.165, 1.54) is 11.3 Å². The van der Waals surface area contributed by atoms with Crippen LogP contribution in [0.25, 0.3) is 21.8 Å². The molecule has 0 atom stereocenters. The molecule has 3 aromatic rings. The summed E-state index contributed by atoms with van der Waals surface area (Å²) < 4.78 is 16.3. The van der Waals surface area contributed by atoms with E-state index in [1.807, 2.05) is 29.6 Å². The molecule has 6 heteroatoms. The van der Waals surface area contributed by atoms with Gasteiger partial charge in [0, 0.05) is 0 Å². The largest absolute Gasteiger partial charge is 0.454 e. The molecule has 5 nitrogen and oxygen atoms in total. The van der Waals surface area contributed by atoms with Gasteiger partial charge in [0.1, 0.15) is 11.6 Å². The number of furan rings is 1. The van der Waals surface area contributed by atoms with Gasteiger partial charge in [0.2, 0.25) is 6.79 Å². The number of anilines is 1. The second-order valence-electron chi connectivity index (χ2n) is 4.70. The molecule has 4 rings (SSSR count). The Morgan fingerprint density at radius 1 is 1.18 bits per heavy atom. The summed E-state index contributed by atoms with van der Waals surface area (Å²) >= 11 is 1.50. The van der Waals surface area contributed by atoms with E-state index in [9.17, 15) is 5.26 Å². The standard InChI is InChI=1S/C16H10N2O3S/c17-7-10-14(9-3-4-11-12(6-9)20-8-19-11)16(18)21-15(10)13-2-1-5-22-13/h1-6H,8,18H2. The van der Waals surface area contributed by atoms with Gasteiger partial charge in [-0.3, -0.25) is 0 Å². The summed E-state index contributed by atoms with van der Waals surface area (Å²) in [6, 6.07) is 11.5. The molecule has 0 saturated heterocycles. The molecule has 0 aliphatic carbocycles. The summed E-state index contributed by atoms with van der Waals surface area (Å²) in [6.45, 7) is 0.200. The third-order valence-corrected chi connectivity index (χ3v) is 4.32. The lowest BCUT2D eigenvalue weighted by molar-refractivity contribution is 0.174. The van der Waals surface area contributed by atoms with Crippen molar-refractivity contribution in [3.8, 4) is 39.3 Å². The fraction of sp³-hybridized carbons (Fsp3) is 0.0625. The Morgan fingerprint density at radius 2 is 2.05 bits per heavy atom. The predicted molar refractivity (Wildman–Crippen MR) is 82.7 cm³/mol. The van der Waals surface area contributed by atoms with Crippen molar-refractivity contribution in [3.05, 3.63) is 41.3 Å². The van der Waals surface area contributed by atoms with Crippen molar-refractivity contribution in [2.75, 3.05) is 12.5 Å². The Balaban J connectivity index is 1.91. The van der Waals surface area contributed by atoms with Crippen LogP contribution in [0.1, 0.15) is 5.56 Å². The molecule has 1 aliphatic heterocycles. The summed E-state index contributed by atoms with van der Waals surface area (Å²) in [5.41, 5.74) is 7.80. The molecule has 0 bridgehead atoms. The minimum absolute atomic E-state index is 0.200. The molecule has 0 fully saturated rings. The van der Waals surface area contributed by atoms with Crippen molar-refractivity contribution in [2.24, 2.45) is 0 Å². The van der Waals surface area contributed by atoms with Gasteiger partial charge in [0.05, 0.1) is 10.4 Å². The lowest BCUT2D eigenvalue weighted by atomic mass is 10.0. The molecular formula is C16H10N2O3S. The van der Waals surface area contributed by atoms with Gasteiger partial charge in [-0.05, 0) is 29.1 Å². The number of rotatable bonds is 2. The molecule has 22 heavy (non-hydrogen) atoms. The number of benzene rings is 1. The molecule has 2 N–H and O–H groups in total. The fourth-order valence-electron chi connectivity index (χ4n) is 2.48. The highest BCUT2D eigenvalue weighted by atomic mass is 32.1. The van der Waals surface area contributed by atoms with Crippen LogP contribution in [-0.2, 0) is 0 Å². The highest BCUT2D eigenvalue weighted by Gasteiger charge is 2.23. The van der Waals surface area contributed by atoms with E-state index in [4.69, 9.17) is 19.6 Å². The number of ether oxygens (including phenoxy) is 2. The maximum Gasteiger partial charge on any atom is 0.231 e. The van der Waals surface area contributed by atoms with E-state index in [-0.39, 0.29) is 12.7 Å². The molecule has 108 valence electrons. The predicted octanol–water partition coefficient (Wildman–Crippen LogP) is 3.86. The van der Waals surface area contributed by atoms with E-state index in [2.05, 4.69) is 6.07 Å². The minimum atomic E-state index is 0.200. The Kier molecular flexibility index (Phi) is 2.81. The first kappa shape index (κ1) is 12.8. The van der Waals surface area contributed by atoms with Crippen molar-refractivity contribution in [1.29, 1.82) is 5.26 Å². The SMILES string of the molecule is N#Cc1c(-c2cccs2)oc(N)c1-c1ccc2c(c1)OCO2. The first-order valence-corrected chi connectivity index (χ1v) is 7.42. The first-order chi connectivity index (χ1) is 10.8. The van der Waals surface area contributed by atoms with Gasteiger partial charge >= 0.3 is 0 Å². The fourth-order valence-corrected chi connectivity index (χ4v) is 3.19. The zero-order valence-corrected chi connectivity index (χ0v) is 12.1. The lowest BCUT2D eigenvalue weighted by Gasteiger charge is -2.02. The molecule has 2 aromatic heterocycles. The number of nitrogens with zero attached hydrogens (tertiary/aromatic N) is 1. The van der Waals surface area contributed by atoms with Gasteiger partial charge in [-0.25, -0.2) is 0 Å². The van der Waals surface area contributed by atoms with Crippen molar-refractivity contribution in [3.63, 3.8) is 0 Å². The quantitative estimate of drug-likeness (QED) is 0.777. The zero-order chi connectivity index (χ0) is 15.1. The molecule has 0 unspecified atom stereocenters. The molecule has 0 amide bonds. The van der Waals surface area contributed by atoms with Crippen LogP contribution in [0.15, 0.2) is 40.1 Å². The van der Waals surface area contributed by atoms with Crippen molar-refractivity contribution in [1.82, 2.24) is 0 Å². The molecule has 3 heterocycles. The lowest BCUT2D eigenvalue weighted by Crippen LogP contribution is -1.92. The normalized spacial score (nSPS) is 12.3. The van der Waals surface area contributed by atoms with Gasteiger partial charge in [-0.15, -0.1) is 11.3 Å². The summed E-state index contributed by atoms with van der Waals surface area (Å²) in [6.07, 6.45) is 0. The zero-order valence-electron chi connectivity index (χ0n) is 11.3. The average Bonchev–Trinajstić information content (AvgIpc) is 3.25. The molecule has 0 spiro atoms. The van der Waals surface area contributed by atoms with Gasteiger partial charge in [0.15, 0.2) is 23.1 Å². The van der Waals surface area contributed by atoms with Crippen LogP contribution in [-0.4, -0.2) is 6.79 Å². The van der Waals surface area contributed by atoms with Gasteiger partial charge in [0.25, 0.3) is 0 Å². The Morgan fingerprint density at radius 3 is 2.82 bits per heavy atom. The summed E-state index contributed by atoms with van der Waals surface area (Å²) in [7, 11) is 0. The van der Waals surface area contributed by atoms with Crippen LogP contribution in [0.2, 0.25) is 0 Å². The summed E-state index contributed by atoms with van der Waals surface area (Å²) in [5.74, 6) is 2.05. The van der Waals surface area contributed by atoms with Gasteiger partial charge < -0.3 is 19.6 Å². The third kappa shape index (κ3) is 1.84. The maximum absolute atomic E-state index is 9.55. The number of nitrogen functional groups attached to an aromatic ring is 1. The number of nitrogens with two attached hydrogens (primary N) is 1. The van der Waals surface area contributed by atoms with Crippen LogP contribution in [0, 0.1) is 11.3 Å². The van der Waals surface area contributed by atoms with Crippen molar-refractivity contribution < 1.29 is 13.9 Å². The maximum atomic E-state index is 9.55. The topological polar surface area (TPSA) is 81.4 Å². The highest BCUT2D eigenvalue weighted by molar-refractivity contribution is 7.13. The number of thiophene rings is 1. The molecule has 0 saturated carbocycles. The monoisotopic (exact) mass is 310 g/mol. The number of nitriles is 1. The molecule has 1 aliphatic rings. The molecular weight excluding hydrogens is 300 g/mol. The van der Waals surface area contributed by atoms with E-state index >= 15 is 0 Å². The van der Waals surface area contributed by atoms with E-state index in [0.717, 1.165) is 10.4 Å². The Bertz CT molecular complexity index is 891. The average molecular weight is 310 g/mol. The van der Waals surface area contributed by atoms with E-state index in [0.29, 0.717) is 28.4 Å². The Labute approximate surface area is 130 Å². The number of hydrogen-bond donors (Lipinski definition) is 1. The highest BCUT2D eigenvalue weighted by Crippen LogP contribution is 2.43. The van der Waals surface area contributed by atoms with E-state index < -0.39 is 0 Å². The second kappa shape index (κ2) is 4.83. The molecule has 1 aromatic carbocycles. The Hall–Kier alpha value is -2.91. The minimum Gasteiger partial charge on any atom is -0.454 e. The second-order valence-corrected chi connectivity index (χ2v) is 5.65. The summed E-state index contributed by atoms with van der Waals surface area (Å²) in [5, 5.41) is 11.5.